The lowest BCUT2D eigenvalue weighted by molar-refractivity contribution is -0.0321. The quantitative estimate of drug-likeness (QED) is 0.436. The highest BCUT2D eigenvalue weighted by atomic mass is 19.3. The van der Waals surface area contributed by atoms with Crippen molar-refractivity contribution in [3.8, 4) is 0 Å². The van der Waals surface area contributed by atoms with E-state index in [0.717, 1.165) is 69.1 Å². The molecule has 0 amide bonds. The van der Waals surface area contributed by atoms with E-state index in [9.17, 15) is 0 Å². The lowest BCUT2D eigenvalue weighted by Gasteiger charge is -2.40. The Balaban J connectivity index is 1.53. The van der Waals surface area contributed by atoms with Gasteiger partial charge in [0.25, 0.3) is 5.92 Å². The first-order valence-corrected chi connectivity index (χ1v) is 15.6. The summed E-state index contributed by atoms with van der Waals surface area (Å²) in [6.45, 7) is 9.51. The normalized spacial score (nSPS) is 27.7. The van der Waals surface area contributed by atoms with E-state index in [-0.39, 0.29) is 29.2 Å². The number of halogens is 3. The van der Waals surface area contributed by atoms with Crippen molar-refractivity contribution < 1.29 is 13.2 Å². The predicted octanol–water partition coefficient (Wildman–Crippen LogP) is 5.32. The van der Waals surface area contributed by atoms with E-state index in [0.29, 0.717) is 24.1 Å². The van der Waals surface area contributed by atoms with E-state index >= 15 is 13.2 Å². The molecule has 1 aromatic heterocycles. The SMILES string of the molecule is C=c1c(C2CCCCC2)c/c2c(=N)n1CCCCCCN1CC(CCC(F)(F)c3cccc(c3F)[C@@H](C)N/C=2N)C1. The molecule has 2 aromatic rings. The summed E-state index contributed by atoms with van der Waals surface area (Å²) in [7, 11) is 0. The lowest BCUT2D eigenvalue weighted by atomic mass is 9.84. The standard InChI is InChI=1S/C33H46F3N5/c1-22-26-13-10-14-29(30(26)34)33(35,36)16-15-24-20-40(21-24)17-8-3-4-9-18-41-23(2)27(25-11-6-5-7-12-25)19-28(32(41)38)31(37)39-22/h10,13-14,19,22,24-25,38-39H,2-9,11-12,15-18,20-21,37H2,1H3/b31-28+,38-32?/t22-/m1/s1. The number of nitrogens with one attached hydrogen (secondary N) is 2. The van der Waals surface area contributed by atoms with Gasteiger partial charge in [-0.2, -0.15) is 0 Å². The molecule has 4 N–H and O–H groups in total. The molecule has 5 nitrogen and oxygen atoms in total. The first-order chi connectivity index (χ1) is 19.7. The molecule has 6 bridgehead atoms. The number of pyridine rings is 1. The van der Waals surface area contributed by atoms with Crippen LogP contribution in [-0.4, -0.2) is 29.1 Å². The van der Waals surface area contributed by atoms with Gasteiger partial charge in [-0.15, -0.1) is 0 Å². The first-order valence-electron chi connectivity index (χ1n) is 15.6. The third kappa shape index (κ3) is 6.52. The van der Waals surface area contributed by atoms with Crippen molar-refractivity contribution in [1.82, 2.24) is 14.8 Å². The Labute approximate surface area is 241 Å². The number of nitrogens with two attached hydrogens (primary N) is 1. The zero-order valence-corrected chi connectivity index (χ0v) is 24.5. The minimum Gasteiger partial charge on any atom is -0.385 e. The van der Waals surface area contributed by atoms with Crippen molar-refractivity contribution >= 4 is 12.4 Å². The van der Waals surface area contributed by atoms with Crippen LogP contribution in [-0.2, 0) is 12.5 Å². The first kappa shape index (κ1) is 29.7. The molecule has 8 heteroatoms. The van der Waals surface area contributed by atoms with Gasteiger partial charge in [-0.05, 0) is 69.0 Å². The van der Waals surface area contributed by atoms with Gasteiger partial charge in [0.05, 0.1) is 16.8 Å². The summed E-state index contributed by atoms with van der Waals surface area (Å²) >= 11 is 0. The van der Waals surface area contributed by atoms with E-state index < -0.39 is 23.3 Å². The third-order valence-electron chi connectivity index (χ3n) is 9.59. The molecule has 224 valence electrons. The van der Waals surface area contributed by atoms with Crippen LogP contribution in [0.15, 0.2) is 24.3 Å². The van der Waals surface area contributed by atoms with Crippen LogP contribution in [0.4, 0.5) is 13.2 Å². The Morgan fingerprint density at radius 2 is 1.66 bits per heavy atom. The number of benzene rings is 1. The second kappa shape index (κ2) is 12.6. The highest BCUT2D eigenvalue weighted by molar-refractivity contribution is 5.41. The van der Waals surface area contributed by atoms with Gasteiger partial charge in [0.1, 0.15) is 17.1 Å². The maximum absolute atomic E-state index is 15.6. The van der Waals surface area contributed by atoms with Crippen LogP contribution in [0.3, 0.4) is 0 Å². The molecule has 0 radical (unpaired) electrons. The zero-order valence-electron chi connectivity index (χ0n) is 24.5. The van der Waals surface area contributed by atoms with Crippen LogP contribution >= 0.6 is 0 Å². The average Bonchev–Trinajstić information content (AvgIpc) is 2.92. The zero-order chi connectivity index (χ0) is 29.1. The molecule has 3 aliphatic heterocycles. The molecule has 4 heterocycles. The second-order valence-corrected chi connectivity index (χ2v) is 12.6. The summed E-state index contributed by atoms with van der Waals surface area (Å²) in [5.41, 5.74) is 7.60. The highest BCUT2D eigenvalue weighted by Gasteiger charge is 2.38. The molecule has 1 saturated heterocycles. The summed E-state index contributed by atoms with van der Waals surface area (Å²) in [5.74, 6) is -3.26. The van der Waals surface area contributed by atoms with Crippen LogP contribution in [0.1, 0.15) is 106 Å². The van der Waals surface area contributed by atoms with Gasteiger partial charge in [-0.1, -0.05) is 56.9 Å². The van der Waals surface area contributed by atoms with E-state index in [1.54, 1.807) is 6.92 Å². The number of nitrogens with zero attached hydrogens (tertiary/aromatic N) is 2. The van der Waals surface area contributed by atoms with Crippen molar-refractivity contribution in [3.05, 3.63) is 62.8 Å². The maximum atomic E-state index is 15.6. The van der Waals surface area contributed by atoms with Gasteiger partial charge >= 0.3 is 0 Å². The number of hydrogen-bond acceptors (Lipinski definition) is 4. The molecule has 41 heavy (non-hydrogen) atoms. The molecule has 1 atom stereocenters. The largest absolute Gasteiger partial charge is 0.385 e. The third-order valence-corrected chi connectivity index (χ3v) is 9.59. The lowest BCUT2D eigenvalue weighted by Crippen LogP contribution is -2.48. The molecule has 0 unspecified atom stereocenters. The molecular weight excluding hydrogens is 523 g/mol. The minimum atomic E-state index is -3.24. The fraction of sp³-hybridized carbons (Fsp3) is 0.606. The number of hydrogen-bond donors (Lipinski definition) is 3. The topological polar surface area (TPSA) is 70.1 Å². The van der Waals surface area contributed by atoms with E-state index in [1.807, 2.05) is 10.6 Å². The molecule has 2 fully saturated rings. The van der Waals surface area contributed by atoms with Crippen LogP contribution in [0.25, 0.3) is 12.4 Å². The molecule has 6 rings (SSSR count). The fourth-order valence-electron chi connectivity index (χ4n) is 7.04. The van der Waals surface area contributed by atoms with Crippen molar-refractivity contribution in [3.63, 3.8) is 0 Å². The van der Waals surface area contributed by atoms with Crippen molar-refractivity contribution in [2.45, 2.75) is 102 Å². The Morgan fingerprint density at radius 1 is 0.976 bits per heavy atom. The summed E-state index contributed by atoms with van der Waals surface area (Å²) in [6.07, 6.45) is 9.98. The number of rotatable bonds is 1. The van der Waals surface area contributed by atoms with Crippen LogP contribution < -0.4 is 27.1 Å². The number of aromatic nitrogens is 1. The second-order valence-electron chi connectivity index (χ2n) is 12.6. The van der Waals surface area contributed by atoms with Gasteiger partial charge in [-0.25, -0.2) is 13.2 Å². The smallest absolute Gasteiger partial charge is 0.276 e. The molecule has 4 aliphatic rings. The van der Waals surface area contributed by atoms with Crippen molar-refractivity contribution in [2.24, 2.45) is 11.7 Å². The molecule has 1 aliphatic carbocycles. The fourth-order valence-corrected chi connectivity index (χ4v) is 7.04. The molecule has 1 aromatic carbocycles. The molecule has 0 spiro atoms. The van der Waals surface area contributed by atoms with Crippen LogP contribution in [0, 0.1) is 17.1 Å². The van der Waals surface area contributed by atoms with Gasteiger partial charge < -0.3 is 20.5 Å². The Bertz CT molecular complexity index is 1390. The summed E-state index contributed by atoms with van der Waals surface area (Å²) in [4.78, 5) is 2.34. The molecule has 1 saturated carbocycles. The predicted molar refractivity (Wildman–Crippen MR) is 158 cm³/mol. The Morgan fingerprint density at radius 3 is 2.39 bits per heavy atom. The van der Waals surface area contributed by atoms with Gasteiger partial charge in [0, 0.05) is 37.0 Å². The van der Waals surface area contributed by atoms with Crippen LogP contribution in [0.5, 0.6) is 0 Å². The van der Waals surface area contributed by atoms with E-state index in [4.69, 9.17) is 11.1 Å². The van der Waals surface area contributed by atoms with Crippen molar-refractivity contribution in [1.29, 1.82) is 5.41 Å². The Kier molecular flexibility index (Phi) is 9.17. The van der Waals surface area contributed by atoms with Gasteiger partial charge in [-0.3, -0.25) is 5.41 Å². The Hall–Kier alpha value is -2.74. The average molecular weight is 570 g/mol. The summed E-state index contributed by atoms with van der Waals surface area (Å²) < 4.78 is 48.2. The maximum Gasteiger partial charge on any atom is 0.276 e. The van der Waals surface area contributed by atoms with Crippen molar-refractivity contribution in [2.75, 3.05) is 19.6 Å². The monoisotopic (exact) mass is 569 g/mol. The van der Waals surface area contributed by atoms with E-state index in [1.165, 1.54) is 37.5 Å². The van der Waals surface area contributed by atoms with Crippen LogP contribution in [0.2, 0.25) is 0 Å². The van der Waals surface area contributed by atoms with E-state index in [2.05, 4.69) is 16.8 Å². The van der Waals surface area contributed by atoms with Gasteiger partial charge in [0.2, 0.25) is 0 Å². The molecular formula is C33H46F3N5. The number of alkyl halides is 2. The number of fused-ring (bicyclic) bond motifs is 9. The summed E-state index contributed by atoms with van der Waals surface area (Å²) in [6, 6.07) is 5.57. The highest BCUT2D eigenvalue weighted by Crippen LogP contribution is 2.38. The summed E-state index contributed by atoms with van der Waals surface area (Å²) in [5, 5.41) is 13.7. The van der Waals surface area contributed by atoms with Gasteiger partial charge in [0.15, 0.2) is 0 Å². The minimum absolute atomic E-state index is 0.145.